The summed E-state index contributed by atoms with van der Waals surface area (Å²) in [5, 5.41) is 18.4. The number of nitrogens with one attached hydrogen (secondary N) is 2. The predicted octanol–water partition coefficient (Wildman–Crippen LogP) is 5.15. The number of halogens is 1. The molecule has 0 saturated heterocycles. The Morgan fingerprint density at radius 1 is 1.03 bits per heavy atom. The SMILES string of the molecule is O=C(COc1ccc(C=NNC(=O)c2ccc(O)c(Cl)c2)c2ccccc12)NC1CCc2ccccc21. The summed E-state index contributed by atoms with van der Waals surface area (Å²) in [6.45, 7) is -0.0959. The first-order valence-electron chi connectivity index (χ1n) is 11.8. The highest BCUT2D eigenvalue weighted by Crippen LogP contribution is 2.31. The van der Waals surface area contributed by atoms with Gasteiger partial charge in [-0.3, -0.25) is 9.59 Å². The first-order valence-corrected chi connectivity index (χ1v) is 12.2. The molecule has 0 heterocycles. The number of phenolic OH excluding ortho intramolecular Hbond substituents is 1. The normalized spacial score (nSPS) is 14.5. The molecule has 1 atom stereocenters. The molecule has 0 saturated carbocycles. The number of amides is 2. The number of carbonyl (C=O) groups excluding carboxylic acids is 2. The van der Waals surface area contributed by atoms with E-state index in [-0.39, 0.29) is 34.9 Å². The van der Waals surface area contributed by atoms with Crippen molar-refractivity contribution in [2.75, 3.05) is 6.61 Å². The van der Waals surface area contributed by atoms with Crippen LogP contribution in [0, 0.1) is 0 Å². The monoisotopic (exact) mass is 513 g/mol. The topological polar surface area (TPSA) is 100 Å². The van der Waals surface area contributed by atoms with Crippen LogP contribution in [0.25, 0.3) is 10.8 Å². The lowest BCUT2D eigenvalue weighted by Crippen LogP contribution is -2.31. The molecule has 37 heavy (non-hydrogen) atoms. The highest BCUT2D eigenvalue weighted by Gasteiger charge is 2.23. The van der Waals surface area contributed by atoms with Crippen LogP contribution in [0.5, 0.6) is 11.5 Å². The molecule has 3 N–H and O–H groups in total. The Bertz CT molecular complexity index is 1520. The van der Waals surface area contributed by atoms with Crippen LogP contribution in [0.3, 0.4) is 0 Å². The van der Waals surface area contributed by atoms with E-state index in [0.717, 1.165) is 29.2 Å². The number of phenols is 1. The van der Waals surface area contributed by atoms with Crippen molar-refractivity contribution in [3.63, 3.8) is 0 Å². The molecule has 0 spiro atoms. The molecule has 0 radical (unpaired) electrons. The van der Waals surface area contributed by atoms with Crippen LogP contribution in [-0.2, 0) is 11.2 Å². The lowest BCUT2D eigenvalue weighted by Gasteiger charge is -2.15. The summed E-state index contributed by atoms with van der Waals surface area (Å²) in [7, 11) is 0. The number of hydrogen-bond acceptors (Lipinski definition) is 5. The molecule has 5 rings (SSSR count). The number of nitrogens with zero attached hydrogens (tertiary/aromatic N) is 1. The molecule has 0 bridgehead atoms. The van der Waals surface area contributed by atoms with E-state index in [2.05, 4.69) is 28.0 Å². The fourth-order valence-electron chi connectivity index (χ4n) is 4.49. The van der Waals surface area contributed by atoms with Crippen molar-refractivity contribution in [1.29, 1.82) is 0 Å². The molecular weight excluding hydrogens is 490 g/mol. The fraction of sp³-hybridized carbons (Fsp3) is 0.138. The predicted molar refractivity (Wildman–Crippen MR) is 143 cm³/mol. The number of benzene rings is 4. The summed E-state index contributed by atoms with van der Waals surface area (Å²) in [5.41, 5.74) is 5.94. The lowest BCUT2D eigenvalue weighted by molar-refractivity contribution is -0.123. The standard InChI is InChI=1S/C29H24ClN3O4/c30-24-15-19(10-13-26(24)34)29(36)33-31-16-20-11-14-27(23-8-4-3-6-21(20)23)37-17-28(35)32-25-12-9-18-5-1-2-7-22(18)25/h1-8,10-11,13-16,25,34H,9,12,17H2,(H,32,35)(H,33,36). The van der Waals surface area contributed by atoms with Crippen LogP contribution in [0.1, 0.15) is 39.5 Å². The summed E-state index contributed by atoms with van der Waals surface area (Å²) < 4.78 is 5.90. The zero-order valence-corrected chi connectivity index (χ0v) is 20.5. The van der Waals surface area contributed by atoms with E-state index >= 15 is 0 Å². The largest absolute Gasteiger partial charge is 0.506 e. The number of fused-ring (bicyclic) bond motifs is 2. The second kappa shape index (κ2) is 10.7. The Labute approximate surface area is 218 Å². The highest BCUT2D eigenvalue weighted by molar-refractivity contribution is 6.32. The minimum Gasteiger partial charge on any atom is -0.506 e. The average Bonchev–Trinajstić information content (AvgIpc) is 3.32. The minimum absolute atomic E-state index is 0.00967. The third-order valence-corrected chi connectivity index (χ3v) is 6.63. The number of aromatic hydroxyl groups is 1. The number of rotatable bonds is 7. The highest BCUT2D eigenvalue weighted by atomic mass is 35.5. The quantitative estimate of drug-likeness (QED) is 0.235. The van der Waals surface area contributed by atoms with Gasteiger partial charge >= 0.3 is 0 Å². The Balaban J connectivity index is 1.24. The molecule has 2 amide bonds. The van der Waals surface area contributed by atoms with Crippen molar-refractivity contribution in [2.24, 2.45) is 5.10 Å². The van der Waals surface area contributed by atoms with E-state index in [4.69, 9.17) is 16.3 Å². The molecule has 1 aliphatic carbocycles. The first-order chi connectivity index (χ1) is 18.0. The van der Waals surface area contributed by atoms with Crippen molar-refractivity contribution in [3.8, 4) is 11.5 Å². The maximum atomic E-state index is 12.6. The minimum atomic E-state index is -0.460. The van der Waals surface area contributed by atoms with Crippen LogP contribution < -0.4 is 15.5 Å². The lowest BCUT2D eigenvalue weighted by atomic mass is 10.0. The van der Waals surface area contributed by atoms with E-state index in [1.807, 2.05) is 42.5 Å². The van der Waals surface area contributed by atoms with Crippen molar-refractivity contribution >= 4 is 40.4 Å². The van der Waals surface area contributed by atoms with E-state index < -0.39 is 5.91 Å². The van der Waals surface area contributed by atoms with Gasteiger partial charge in [0.25, 0.3) is 11.8 Å². The number of aryl methyl sites for hydroxylation is 1. The molecule has 8 heteroatoms. The maximum Gasteiger partial charge on any atom is 0.271 e. The second-order valence-electron chi connectivity index (χ2n) is 8.71. The third-order valence-electron chi connectivity index (χ3n) is 6.32. The summed E-state index contributed by atoms with van der Waals surface area (Å²) in [6, 6.07) is 23.6. The average molecular weight is 514 g/mol. The van der Waals surface area contributed by atoms with Gasteiger partial charge in [0.15, 0.2) is 6.61 Å². The fourth-order valence-corrected chi connectivity index (χ4v) is 4.67. The second-order valence-corrected chi connectivity index (χ2v) is 9.12. The molecule has 0 aliphatic heterocycles. The van der Waals surface area contributed by atoms with E-state index in [1.165, 1.54) is 35.5 Å². The number of carbonyl (C=O) groups is 2. The van der Waals surface area contributed by atoms with Crippen LogP contribution in [0.15, 0.2) is 84.0 Å². The van der Waals surface area contributed by atoms with Crippen LogP contribution in [0.2, 0.25) is 5.02 Å². The van der Waals surface area contributed by atoms with Gasteiger partial charge < -0.3 is 15.2 Å². The van der Waals surface area contributed by atoms with Gasteiger partial charge in [-0.25, -0.2) is 5.43 Å². The van der Waals surface area contributed by atoms with E-state index in [0.29, 0.717) is 5.75 Å². The van der Waals surface area contributed by atoms with Gasteiger partial charge in [0.2, 0.25) is 0 Å². The van der Waals surface area contributed by atoms with Crippen molar-refractivity contribution in [2.45, 2.75) is 18.9 Å². The Morgan fingerprint density at radius 3 is 2.65 bits per heavy atom. The van der Waals surface area contributed by atoms with Gasteiger partial charge in [-0.1, -0.05) is 60.1 Å². The molecule has 7 nitrogen and oxygen atoms in total. The van der Waals surface area contributed by atoms with Crippen LogP contribution >= 0.6 is 11.6 Å². The summed E-state index contributed by atoms with van der Waals surface area (Å²) in [5.74, 6) is -0.152. The summed E-state index contributed by atoms with van der Waals surface area (Å²) in [6.07, 6.45) is 3.38. The van der Waals surface area contributed by atoms with Gasteiger partial charge in [-0.05, 0) is 59.7 Å². The van der Waals surface area contributed by atoms with Gasteiger partial charge in [0.1, 0.15) is 11.5 Å². The Kier molecular flexibility index (Phi) is 7.05. The number of hydrogen-bond donors (Lipinski definition) is 3. The third kappa shape index (κ3) is 5.42. The molecule has 186 valence electrons. The van der Waals surface area contributed by atoms with Gasteiger partial charge in [-0.2, -0.15) is 5.10 Å². The number of hydrazone groups is 1. The Morgan fingerprint density at radius 2 is 1.81 bits per heavy atom. The van der Waals surface area contributed by atoms with E-state index in [1.54, 1.807) is 6.07 Å². The van der Waals surface area contributed by atoms with Crippen LogP contribution in [0.4, 0.5) is 0 Å². The summed E-state index contributed by atoms with van der Waals surface area (Å²) >= 11 is 5.87. The summed E-state index contributed by atoms with van der Waals surface area (Å²) in [4.78, 5) is 25.0. The first kappa shape index (κ1) is 24.3. The molecular formula is C29H24ClN3O4. The zero-order valence-electron chi connectivity index (χ0n) is 19.8. The van der Waals surface area contributed by atoms with Crippen LogP contribution in [-0.4, -0.2) is 29.7 Å². The van der Waals surface area contributed by atoms with Crippen molar-refractivity contribution in [1.82, 2.24) is 10.7 Å². The van der Waals surface area contributed by atoms with Crippen molar-refractivity contribution in [3.05, 3.63) is 106 Å². The smallest absolute Gasteiger partial charge is 0.271 e. The van der Waals surface area contributed by atoms with Gasteiger partial charge in [0, 0.05) is 16.5 Å². The maximum absolute atomic E-state index is 12.6. The molecule has 4 aromatic rings. The van der Waals surface area contributed by atoms with Crippen molar-refractivity contribution < 1.29 is 19.4 Å². The molecule has 0 aromatic heterocycles. The molecule has 4 aromatic carbocycles. The number of ether oxygens (including phenoxy) is 1. The van der Waals surface area contributed by atoms with Gasteiger partial charge in [-0.15, -0.1) is 0 Å². The molecule has 0 fully saturated rings. The zero-order chi connectivity index (χ0) is 25.8. The Hall–Kier alpha value is -4.36. The van der Waals surface area contributed by atoms with E-state index in [9.17, 15) is 14.7 Å². The molecule has 1 unspecified atom stereocenters. The molecule has 1 aliphatic rings. The van der Waals surface area contributed by atoms with Gasteiger partial charge in [0.05, 0.1) is 17.3 Å².